The highest BCUT2D eigenvalue weighted by molar-refractivity contribution is 6.00. The van der Waals surface area contributed by atoms with Gasteiger partial charge in [-0.15, -0.1) is 0 Å². The second-order valence-corrected chi connectivity index (χ2v) is 12.0. The number of methoxy groups -OCH3 is 2. The molecule has 51 heavy (non-hydrogen) atoms. The lowest BCUT2D eigenvalue weighted by molar-refractivity contribution is -0.115. The molecule has 4 aromatic rings. The van der Waals surface area contributed by atoms with E-state index >= 15 is 0 Å². The number of nitrogens with zero attached hydrogens (tertiary/aromatic N) is 3. The average Bonchev–Trinajstić information content (AvgIpc) is 3.13. The highest BCUT2D eigenvalue weighted by Crippen LogP contribution is 2.36. The largest absolute Gasteiger partial charge is 0.489 e. The number of pyridine rings is 2. The lowest BCUT2D eigenvalue weighted by Gasteiger charge is -2.28. The van der Waals surface area contributed by atoms with Crippen LogP contribution in [0.4, 0.5) is 11.4 Å². The van der Waals surface area contributed by atoms with E-state index < -0.39 is 5.97 Å². The number of carbonyl (C=O) groups excluding carboxylic acids is 2. The topological polar surface area (TPSA) is 163 Å². The number of anilines is 2. The predicted octanol–water partition coefficient (Wildman–Crippen LogP) is 4.86. The van der Waals surface area contributed by atoms with Gasteiger partial charge in [0.1, 0.15) is 30.7 Å². The molecular formula is C38H39N5O8. The summed E-state index contributed by atoms with van der Waals surface area (Å²) >= 11 is 0. The molecule has 6 bridgehead atoms. The molecule has 0 unspecified atom stereocenters. The molecule has 0 spiro atoms. The fourth-order valence-corrected chi connectivity index (χ4v) is 5.66. The van der Waals surface area contributed by atoms with Crippen LogP contribution in [-0.2, 0) is 49.8 Å². The Labute approximate surface area is 295 Å². The van der Waals surface area contributed by atoms with Gasteiger partial charge in [0.05, 0.1) is 73.4 Å². The molecule has 2 aliphatic rings. The van der Waals surface area contributed by atoms with Gasteiger partial charge in [-0.05, 0) is 53.9 Å². The van der Waals surface area contributed by atoms with Crippen molar-refractivity contribution in [3.63, 3.8) is 0 Å². The van der Waals surface area contributed by atoms with Gasteiger partial charge < -0.3 is 39.1 Å². The van der Waals surface area contributed by atoms with Gasteiger partial charge in [0.15, 0.2) is 0 Å². The number of ether oxygens (including phenoxy) is 6. The molecule has 1 atom stereocenters. The molecule has 2 aromatic heterocycles. The Bertz CT molecular complexity index is 1920. The summed E-state index contributed by atoms with van der Waals surface area (Å²) in [4.78, 5) is 35.7. The van der Waals surface area contributed by atoms with Crippen LogP contribution < -0.4 is 20.1 Å². The maximum atomic E-state index is 13.8. The standard InChI is InChI=1S/C38H39N5O8/c1-46-14-15-50-34-18-27(38(45)47-2)17-33(40-21-30-10-13-49-30)37(34)43-35(44)19-24-6-7-25-16-28(24)22-48-12-11-32-26(20-39)8-9-29(41-32)23-51-36-5-3-4-31(25)42-36/h3-9,16-18,30,40H,10-15,19,21-23H2,1-2H3,(H,43,44)/t30-/m0/s1. The van der Waals surface area contributed by atoms with Crippen molar-refractivity contribution >= 4 is 23.3 Å². The van der Waals surface area contributed by atoms with Crippen molar-refractivity contribution in [3.05, 3.63) is 94.3 Å². The first-order chi connectivity index (χ1) is 24.9. The second kappa shape index (κ2) is 16.9. The number of amides is 1. The number of esters is 1. The number of carbonyl (C=O) groups is 2. The molecule has 1 amide bonds. The fourth-order valence-electron chi connectivity index (χ4n) is 5.66. The van der Waals surface area contributed by atoms with E-state index in [-0.39, 0.29) is 43.8 Å². The molecule has 1 fully saturated rings. The van der Waals surface area contributed by atoms with E-state index in [0.29, 0.717) is 78.4 Å². The molecule has 1 saturated heterocycles. The summed E-state index contributed by atoms with van der Waals surface area (Å²) in [7, 11) is 2.87. The highest BCUT2D eigenvalue weighted by atomic mass is 16.5. The first kappa shape index (κ1) is 35.3. The minimum atomic E-state index is -0.544. The Kier molecular flexibility index (Phi) is 11.7. The molecule has 2 aromatic carbocycles. The van der Waals surface area contributed by atoms with Gasteiger partial charge in [-0.2, -0.15) is 5.26 Å². The van der Waals surface area contributed by atoms with Crippen LogP contribution in [0.25, 0.3) is 11.3 Å². The Morgan fingerprint density at radius 1 is 1.02 bits per heavy atom. The summed E-state index contributed by atoms with van der Waals surface area (Å²) in [6.45, 7) is 2.37. The zero-order valence-electron chi connectivity index (χ0n) is 28.5. The van der Waals surface area contributed by atoms with Crippen LogP contribution in [0.1, 0.15) is 44.9 Å². The minimum Gasteiger partial charge on any atom is -0.489 e. The van der Waals surface area contributed by atoms with E-state index in [1.807, 2.05) is 30.3 Å². The molecule has 0 radical (unpaired) electrons. The number of nitriles is 1. The van der Waals surface area contributed by atoms with Gasteiger partial charge in [0.2, 0.25) is 11.8 Å². The van der Waals surface area contributed by atoms with Crippen molar-refractivity contribution in [2.45, 2.75) is 38.6 Å². The lowest BCUT2D eigenvalue weighted by atomic mass is 9.99. The van der Waals surface area contributed by atoms with Gasteiger partial charge in [0.25, 0.3) is 0 Å². The predicted molar refractivity (Wildman–Crippen MR) is 187 cm³/mol. The number of fused-ring (bicyclic) bond motifs is 7. The zero-order valence-corrected chi connectivity index (χ0v) is 28.5. The molecule has 0 saturated carbocycles. The number of aromatic nitrogens is 2. The fraction of sp³-hybridized carbons (Fsp3) is 0.342. The van der Waals surface area contributed by atoms with Crippen LogP contribution in [0.3, 0.4) is 0 Å². The molecular weight excluding hydrogens is 654 g/mol. The van der Waals surface area contributed by atoms with E-state index in [1.165, 1.54) is 7.11 Å². The van der Waals surface area contributed by atoms with Gasteiger partial charge in [-0.3, -0.25) is 9.78 Å². The maximum Gasteiger partial charge on any atom is 0.338 e. The van der Waals surface area contributed by atoms with E-state index in [1.54, 1.807) is 37.4 Å². The van der Waals surface area contributed by atoms with Crippen LogP contribution in [0.15, 0.2) is 60.7 Å². The molecule has 4 heterocycles. The van der Waals surface area contributed by atoms with E-state index in [4.69, 9.17) is 33.4 Å². The number of hydrogen-bond donors (Lipinski definition) is 2. The van der Waals surface area contributed by atoms with Crippen LogP contribution in [0, 0.1) is 11.3 Å². The average molecular weight is 694 g/mol. The van der Waals surface area contributed by atoms with Crippen molar-refractivity contribution in [1.82, 2.24) is 9.97 Å². The normalized spacial score (nSPS) is 15.1. The number of nitrogens with one attached hydrogen (secondary N) is 2. The molecule has 13 heteroatoms. The summed E-state index contributed by atoms with van der Waals surface area (Å²) in [6.07, 6.45) is 1.35. The monoisotopic (exact) mass is 693 g/mol. The number of rotatable bonds is 11. The van der Waals surface area contributed by atoms with Crippen LogP contribution in [0.2, 0.25) is 0 Å². The summed E-state index contributed by atoms with van der Waals surface area (Å²) in [5.41, 5.74) is 5.99. The maximum absolute atomic E-state index is 13.8. The van der Waals surface area contributed by atoms with Gasteiger partial charge >= 0.3 is 5.97 Å². The van der Waals surface area contributed by atoms with Crippen molar-refractivity contribution < 1.29 is 38.0 Å². The van der Waals surface area contributed by atoms with Crippen molar-refractivity contribution in [1.29, 1.82) is 5.26 Å². The third-order valence-electron chi connectivity index (χ3n) is 8.48. The third-order valence-corrected chi connectivity index (χ3v) is 8.48. The van der Waals surface area contributed by atoms with Crippen LogP contribution in [0.5, 0.6) is 11.6 Å². The molecule has 264 valence electrons. The van der Waals surface area contributed by atoms with E-state index in [9.17, 15) is 14.9 Å². The molecule has 13 nitrogen and oxygen atoms in total. The van der Waals surface area contributed by atoms with Crippen LogP contribution >= 0.6 is 0 Å². The van der Waals surface area contributed by atoms with Crippen molar-refractivity contribution in [2.75, 3.05) is 57.8 Å². The van der Waals surface area contributed by atoms with Crippen molar-refractivity contribution in [3.8, 4) is 29.0 Å². The van der Waals surface area contributed by atoms with E-state index in [0.717, 1.165) is 23.1 Å². The quantitative estimate of drug-likeness (QED) is 0.162. The van der Waals surface area contributed by atoms with Crippen molar-refractivity contribution in [2.24, 2.45) is 0 Å². The Hall–Kier alpha value is -5.55. The molecule has 0 aliphatic carbocycles. The van der Waals surface area contributed by atoms with Gasteiger partial charge in [0, 0.05) is 38.3 Å². The van der Waals surface area contributed by atoms with Gasteiger partial charge in [-0.25, -0.2) is 9.78 Å². The first-order valence-corrected chi connectivity index (χ1v) is 16.7. The molecule has 2 aliphatic heterocycles. The number of benzene rings is 2. The Morgan fingerprint density at radius 3 is 2.69 bits per heavy atom. The summed E-state index contributed by atoms with van der Waals surface area (Å²) in [6, 6.07) is 20.2. The van der Waals surface area contributed by atoms with E-state index in [2.05, 4.69) is 21.7 Å². The summed E-state index contributed by atoms with van der Waals surface area (Å²) in [5.74, 6) is -0.128. The minimum absolute atomic E-state index is 0.0131. The molecule has 2 N–H and O–H groups in total. The smallest absolute Gasteiger partial charge is 0.338 e. The summed E-state index contributed by atoms with van der Waals surface area (Å²) in [5, 5.41) is 16.0. The van der Waals surface area contributed by atoms with Crippen LogP contribution in [-0.4, -0.2) is 75.1 Å². The second-order valence-electron chi connectivity index (χ2n) is 12.0. The summed E-state index contributed by atoms with van der Waals surface area (Å²) < 4.78 is 33.8. The first-order valence-electron chi connectivity index (χ1n) is 16.7. The Morgan fingerprint density at radius 2 is 1.90 bits per heavy atom. The lowest BCUT2D eigenvalue weighted by Crippen LogP contribution is -2.33. The molecule has 6 rings (SSSR count). The van der Waals surface area contributed by atoms with Gasteiger partial charge in [-0.1, -0.05) is 18.2 Å². The third kappa shape index (κ3) is 8.98. The Balaban J connectivity index is 1.28. The highest BCUT2D eigenvalue weighted by Gasteiger charge is 2.23. The zero-order chi connectivity index (χ0) is 35.6. The SMILES string of the molecule is COCCOc1cc(C(=O)OC)cc(NC[C@@H]2CCO2)c1NC(=O)Cc1ccc2cc1COCCc1nc(ccc1C#N)COc1cccc-2n1. The number of hydrogen-bond acceptors (Lipinski definition) is 12.